The van der Waals surface area contributed by atoms with E-state index in [2.05, 4.69) is 5.32 Å². The van der Waals surface area contributed by atoms with Crippen LogP contribution in [0, 0.1) is 0 Å². The maximum Gasteiger partial charge on any atom is 0.321 e. The summed E-state index contributed by atoms with van der Waals surface area (Å²) >= 11 is 0. The van der Waals surface area contributed by atoms with Gasteiger partial charge in [0, 0.05) is 31.4 Å². The van der Waals surface area contributed by atoms with E-state index in [0.29, 0.717) is 17.8 Å². The SMILES string of the molecule is CC(=O)c1ccc(NC(=O)N(C)CCN(C)C)cc1. The predicted octanol–water partition coefficient (Wildman–Crippen LogP) is 1.91. The van der Waals surface area contributed by atoms with Crippen molar-refractivity contribution in [1.29, 1.82) is 0 Å². The minimum Gasteiger partial charge on any atom is -0.326 e. The fourth-order valence-corrected chi connectivity index (χ4v) is 1.46. The largest absolute Gasteiger partial charge is 0.326 e. The molecule has 0 saturated carbocycles. The lowest BCUT2D eigenvalue weighted by Crippen LogP contribution is -2.36. The fraction of sp³-hybridized carbons (Fsp3) is 0.429. The average Bonchev–Trinajstić information content (AvgIpc) is 2.36. The molecule has 2 amide bonds. The summed E-state index contributed by atoms with van der Waals surface area (Å²) in [5, 5.41) is 2.79. The van der Waals surface area contributed by atoms with Crippen molar-refractivity contribution < 1.29 is 9.59 Å². The summed E-state index contributed by atoms with van der Waals surface area (Å²) in [7, 11) is 5.68. The minimum atomic E-state index is -0.155. The molecule has 0 saturated heterocycles. The molecule has 1 N–H and O–H groups in total. The van der Waals surface area contributed by atoms with E-state index in [1.54, 1.807) is 36.2 Å². The van der Waals surface area contributed by atoms with Gasteiger partial charge in [-0.3, -0.25) is 4.79 Å². The molecular formula is C14H21N3O2. The molecule has 0 unspecified atom stereocenters. The standard InChI is InChI=1S/C14H21N3O2/c1-11(18)12-5-7-13(8-6-12)15-14(19)17(4)10-9-16(2)3/h5-8H,9-10H2,1-4H3,(H,15,19). The maximum atomic E-state index is 11.9. The molecule has 0 fully saturated rings. The third-order valence-corrected chi connectivity index (χ3v) is 2.77. The van der Waals surface area contributed by atoms with Crippen molar-refractivity contribution in [2.24, 2.45) is 0 Å². The Labute approximate surface area is 114 Å². The fourth-order valence-electron chi connectivity index (χ4n) is 1.46. The van der Waals surface area contributed by atoms with Crippen LogP contribution in [0.1, 0.15) is 17.3 Å². The van der Waals surface area contributed by atoms with E-state index >= 15 is 0 Å². The van der Waals surface area contributed by atoms with Crippen LogP contribution in [0.25, 0.3) is 0 Å². The first-order valence-electron chi connectivity index (χ1n) is 6.18. The third-order valence-electron chi connectivity index (χ3n) is 2.77. The second-order valence-corrected chi connectivity index (χ2v) is 4.79. The van der Waals surface area contributed by atoms with Crippen molar-refractivity contribution >= 4 is 17.5 Å². The highest BCUT2D eigenvalue weighted by Gasteiger charge is 2.09. The van der Waals surface area contributed by atoms with Gasteiger partial charge in [0.2, 0.25) is 0 Å². The Bertz CT molecular complexity index is 441. The number of likely N-dealkylation sites (N-methyl/N-ethyl adjacent to an activating group) is 2. The highest BCUT2D eigenvalue weighted by Crippen LogP contribution is 2.10. The lowest BCUT2D eigenvalue weighted by molar-refractivity contribution is 0.101. The first-order chi connectivity index (χ1) is 8.90. The zero-order valence-electron chi connectivity index (χ0n) is 11.9. The number of anilines is 1. The quantitative estimate of drug-likeness (QED) is 0.826. The highest BCUT2D eigenvalue weighted by atomic mass is 16.2. The Balaban J connectivity index is 2.54. The zero-order valence-corrected chi connectivity index (χ0v) is 11.9. The lowest BCUT2D eigenvalue weighted by Gasteiger charge is -2.20. The second kappa shape index (κ2) is 6.89. The number of rotatable bonds is 5. The van der Waals surface area contributed by atoms with E-state index in [-0.39, 0.29) is 11.8 Å². The Kier molecular flexibility index (Phi) is 5.51. The minimum absolute atomic E-state index is 0.0148. The number of urea groups is 1. The smallest absolute Gasteiger partial charge is 0.321 e. The average molecular weight is 263 g/mol. The molecule has 1 rings (SSSR count). The number of ketones is 1. The van der Waals surface area contributed by atoms with Crippen LogP contribution in [0.15, 0.2) is 24.3 Å². The van der Waals surface area contributed by atoms with Gasteiger partial charge in [0.1, 0.15) is 0 Å². The van der Waals surface area contributed by atoms with Crippen LogP contribution in [-0.4, -0.2) is 55.8 Å². The molecule has 5 heteroatoms. The monoisotopic (exact) mass is 263 g/mol. The first kappa shape index (κ1) is 15.2. The molecule has 0 aliphatic heterocycles. The van der Waals surface area contributed by atoms with Crippen LogP contribution in [0.3, 0.4) is 0 Å². The van der Waals surface area contributed by atoms with Gasteiger partial charge in [0.05, 0.1) is 0 Å². The number of nitrogens with zero attached hydrogens (tertiary/aromatic N) is 2. The van der Waals surface area contributed by atoms with E-state index < -0.39 is 0 Å². The molecule has 0 atom stereocenters. The molecule has 5 nitrogen and oxygen atoms in total. The zero-order chi connectivity index (χ0) is 14.4. The lowest BCUT2D eigenvalue weighted by atomic mass is 10.1. The first-order valence-corrected chi connectivity index (χ1v) is 6.18. The molecular weight excluding hydrogens is 242 g/mol. The van der Waals surface area contributed by atoms with Gasteiger partial charge in [-0.25, -0.2) is 4.79 Å². The van der Waals surface area contributed by atoms with Crippen molar-refractivity contribution in [2.75, 3.05) is 39.5 Å². The molecule has 1 aromatic carbocycles. The van der Waals surface area contributed by atoms with Gasteiger partial charge in [0.15, 0.2) is 5.78 Å². The second-order valence-electron chi connectivity index (χ2n) is 4.79. The molecule has 0 aliphatic rings. The topological polar surface area (TPSA) is 52.7 Å². The normalized spacial score (nSPS) is 10.4. The van der Waals surface area contributed by atoms with E-state index in [4.69, 9.17) is 0 Å². The molecule has 0 bridgehead atoms. The van der Waals surface area contributed by atoms with Crippen LogP contribution >= 0.6 is 0 Å². The number of amides is 2. The van der Waals surface area contributed by atoms with Gasteiger partial charge in [0.25, 0.3) is 0 Å². The van der Waals surface area contributed by atoms with E-state index in [0.717, 1.165) is 6.54 Å². The van der Waals surface area contributed by atoms with Gasteiger partial charge in [-0.2, -0.15) is 0 Å². The van der Waals surface area contributed by atoms with E-state index in [1.165, 1.54) is 6.92 Å². The Hall–Kier alpha value is -1.88. The maximum absolute atomic E-state index is 11.9. The van der Waals surface area contributed by atoms with Crippen LogP contribution in [0.4, 0.5) is 10.5 Å². The number of hydrogen-bond donors (Lipinski definition) is 1. The molecule has 0 heterocycles. The molecule has 104 valence electrons. The third kappa shape index (κ3) is 5.09. The van der Waals surface area contributed by atoms with Gasteiger partial charge in [-0.05, 0) is 45.3 Å². The summed E-state index contributed by atoms with van der Waals surface area (Å²) in [6, 6.07) is 6.72. The number of benzene rings is 1. The Morgan fingerprint density at radius 1 is 1.05 bits per heavy atom. The Morgan fingerprint density at radius 2 is 1.63 bits per heavy atom. The summed E-state index contributed by atoms with van der Waals surface area (Å²) in [5.74, 6) is 0.0148. The van der Waals surface area contributed by atoms with Gasteiger partial charge in [-0.1, -0.05) is 0 Å². The molecule has 0 aliphatic carbocycles. The van der Waals surface area contributed by atoms with Gasteiger partial charge < -0.3 is 15.1 Å². The van der Waals surface area contributed by atoms with Crippen molar-refractivity contribution in [2.45, 2.75) is 6.92 Å². The van der Waals surface area contributed by atoms with Crippen molar-refractivity contribution in [3.05, 3.63) is 29.8 Å². The van der Waals surface area contributed by atoms with E-state index in [1.807, 2.05) is 19.0 Å². The Morgan fingerprint density at radius 3 is 2.11 bits per heavy atom. The summed E-state index contributed by atoms with van der Waals surface area (Å²) < 4.78 is 0. The summed E-state index contributed by atoms with van der Waals surface area (Å²) in [6.07, 6.45) is 0. The number of hydrogen-bond acceptors (Lipinski definition) is 3. The summed E-state index contributed by atoms with van der Waals surface area (Å²) in [6.45, 7) is 2.99. The van der Waals surface area contributed by atoms with Gasteiger partial charge >= 0.3 is 6.03 Å². The molecule has 1 aromatic rings. The number of Topliss-reactive ketones (excluding diaryl/α,β-unsaturated/α-hetero) is 1. The molecule has 0 aromatic heterocycles. The summed E-state index contributed by atoms with van der Waals surface area (Å²) in [5.41, 5.74) is 1.32. The summed E-state index contributed by atoms with van der Waals surface area (Å²) in [4.78, 5) is 26.7. The number of carbonyl (C=O) groups excluding carboxylic acids is 2. The molecule has 19 heavy (non-hydrogen) atoms. The van der Waals surface area contributed by atoms with Crippen molar-refractivity contribution in [1.82, 2.24) is 9.80 Å². The van der Waals surface area contributed by atoms with E-state index in [9.17, 15) is 9.59 Å². The van der Waals surface area contributed by atoms with Crippen LogP contribution < -0.4 is 5.32 Å². The predicted molar refractivity (Wildman–Crippen MR) is 76.6 cm³/mol. The van der Waals surface area contributed by atoms with Crippen LogP contribution in [-0.2, 0) is 0 Å². The van der Waals surface area contributed by atoms with Crippen molar-refractivity contribution in [3.8, 4) is 0 Å². The van der Waals surface area contributed by atoms with Crippen LogP contribution in [0.5, 0.6) is 0 Å². The van der Waals surface area contributed by atoms with Crippen molar-refractivity contribution in [3.63, 3.8) is 0 Å². The van der Waals surface area contributed by atoms with Gasteiger partial charge in [-0.15, -0.1) is 0 Å². The molecule has 0 radical (unpaired) electrons. The molecule has 0 spiro atoms. The number of nitrogens with one attached hydrogen (secondary N) is 1. The highest BCUT2D eigenvalue weighted by molar-refractivity contribution is 5.95. The van der Waals surface area contributed by atoms with Crippen LogP contribution in [0.2, 0.25) is 0 Å². The number of carbonyl (C=O) groups is 2.